The van der Waals surface area contributed by atoms with E-state index in [0.29, 0.717) is 5.69 Å². The molecular weight excluding hydrogens is 290 g/mol. The van der Waals surface area contributed by atoms with E-state index >= 15 is 0 Å². The minimum atomic E-state index is -0.570. The predicted molar refractivity (Wildman–Crippen MR) is 78.8 cm³/mol. The number of amides is 1. The highest BCUT2D eigenvalue weighted by atomic mass is 16.6. The van der Waals surface area contributed by atoms with Gasteiger partial charge in [0.1, 0.15) is 6.54 Å². The number of rotatable bonds is 3. The van der Waals surface area contributed by atoms with E-state index in [2.05, 4.69) is 5.32 Å². The smallest absolute Gasteiger partial charge is 0.331 e. The van der Waals surface area contributed by atoms with Gasteiger partial charge in [0.25, 0.3) is 5.69 Å². The van der Waals surface area contributed by atoms with E-state index < -0.39 is 10.9 Å². The summed E-state index contributed by atoms with van der Waals surface area (Å²) in [6, 6.07) is 3.97. The molecule has 1 aliphatic rings. The van der Waals surface area contributed by atoms with E-state index in [9.17, 15) is 19.7 Å². The molecule has 0 aliphatic carbocycles. The van der Waals surface area contributed by atoms with Crippen molar-refractivity contribution in [3.05, 3.63) is 28.3 Å². The van der Waals surface area contributed by atoms with Crippen LogP contribution in [-0.4, -0.2) is 35.4 Å². The van der Waals surface area contributed by atoms with Crippen LogP contribution in [0.4, 0.5) is 11.4 Å². The minimum Gasteiger partial charge on any atom is -0.423 e. The van der Waals surface area contributed by atoms with Crippen LogP contribution in [-0.2, 0) is 9.59 Å². The lowest BCUT2D eigenvalue weighted by atomic mass is 10.1. The molecule has 8 heteroatoms. The second kappa shape index (κ2) is 5.63. The molecule has 1 aromatic rings. The largest absolute Gasteiger partial charge is 0.423 e. The average molecular weight is 307 g/mol. The number of hydrogen-bond donors (Lipinski definition) is 1. The van der Waals surface area contributed by atoms with Crippen LogP contribution >= 0.6 is 0 Å². The SMILES string of the molecule is CC(C)(C)NC(=O)CN1CC(=O)Oc2cc([N+](=O)[O-])ccc21. The molecule has 118 valence electrons. The Morgan fingerprint density at radius 3 is 2.73 bits per heavy atom. The number of nitrogens with one attached hydrogen (secondary N) is 1. The topological polar surface area (TPSA) is 102 Å². The van der Waals surface area contributed by atoms with Gasteiger partial charge < -0.3 is 15.0 Å². The van der Waals surface area contributed by atoms with Gasteiger partial charge in [-0.3, -0.25) is 14.9 Å². The summed E-state index contributed by atoms with van der Waals surface area (Å²) in [5.41, 5.74) is -0.0760. The average Bonchev–Trinajstić information content (AvgIpc) is 2.35. The van der Waals surface area contributed by atoms with Crippen LogP contribution in [0, 0.1) is 10.1 Å². The molecule has 8 nitrogen and oxygen atoms in total. The van der Waals surface area contributed by atoms with Crippen LogP contribution in [0.25, 0.3) is 0 Å². The number of esters is 1. The van der Waals surface area contributed by atoms with Crippen molar-refractivity contribution < 1.29 is 19.2 Å². The zero-order chi connectivity index (χ0) is 16.5. The minimum absolute atomic E-state index is 0.0306. The molecule has 1 aliphatic heterocycles. The Kier molecular flexibility index (Phi) is 4.03. The van der Waals surface area contributed by atoms with E-state index in [1.54, 1.807) is 0 Å². The van der Waals surface area contributed by atoms with Crippen molar-refractivity contribution >= 4 is 23.3 Å². The van der Waals surface area contributed by atoms with Crippen LogP contribution in [0.5, 0.6) is 5.75 Å². The van der Waals surface area contributed by atoms with Crippen LogP contribution in [0.2, 0.25) is 0 Å². The zero-order valence-corrected chi connectivity index (χ0v) is 12.6. The third-order valence-electron chi connectivity index (χ3n) is 2.89. The van der Waals surface area contributed by atoms with Crippen molar-refractivity contribution in [1.29, 1.82) is 0 Å². The molecule has 0 bridgehead atoms. The maximum Gasteiger partial charge on any atom is 0.331 e. The molecule has 22 heavy (non-hydrogen) atoms. The molecule has 0 atom stereocenters. The zero-order valence-electron chi connectivity index (χ0n) is 12.6. The van der Waals surface area contributed by atoms with Gasteiger partial charge in [0.15, 0.2) is 5.75 Å². The highest BCUT2D eigenvalue weighted by molar-refractivity contribution is 5.89. The first-order valence-corrected chi connectivity index (χ1v) is 6.71. The lowest BCUT2D eigenvalue weighted by molar-refractivity contribution is -0.384. The van der Waals surface area contributed by atoms with Crippen LogP contribution in [0.1, 0.15) is 20.8 Å². The molecular formula is C14H17N3O5. The number of hydrogen-bond acceptors (Lipinski definition) is 6. The molecule has 0 saturated heterocycles. The summed E-state index contributed by atoms with van der Waals surface area (Å²) in [6.07, 6.45) is 0. The predicted octanol–water partition coefficient (Wildman–Crippen LogP) is 1.23. The Morgan fingerprint density at radius 2 is 2.14 bits per heavy atom. The summed E-state index contributed by atoms with van der Waals surface area (Å²) in [5.74, 6) is -0.711. The Hall–Kier alpha value is -2.64. The van der Waals surface area contributed by atoms with Crippen molar-refractivity contribution in [3.8, 4) is 5.75 Å². The molecule has 1 amide bonds. The highest BCUT2D eigenvalue weighted by Gasteiger charge is 2.28. The van der Waals surface area contributed by atoms with Crippen LogP contribution < -0.4 is 15.0 Å². The summed E-state index contributed by atoms with van der Waals surface area (Å²) in [5, 5.41) is 13.6. The molecule has 0 fully saturated rings. The van der Waals surface area contributed by atoms with Gasteiger partial charge in [-0.1, -0.05) is 0 Å². The van der Waals surface area contributed by atoms with E-state index in [-0.39, 0.29) is 36.0 Å². The third kappa shape index (κ3) is 3.72. The van der Waals surface area contributed by atoms with E-state index in [4.69, 9.17) is 4.74 Å². The summed E-state index contributed by atoms with van der Waals surface area (Å²) in [4.78, 5) is 35.4. The Labute approximate surface area is 127 Å². The Morgan fingerprint density at radius 1 is 1.45 bits per heavy atom. The molecule has 1 heterocycles. The lowest BCUT2D eigenvalue weighted by Gasteiger charge is -2.30. The lowest BCUT2D eigenvalue weighted by Crippen LogP contribution is -2.48. The number of carbonyl (C=O) groups excluding carboxylic acids is 2. The number of nitro groups is 1. The van der Waals surface area contributed by atoms with Gasteiger partial charge in [-0.05, 0) is 26.8 Å². The summed E-state index contributed by atoms with van der Waals surface area (Å²) >= 11 is 0. The van der Waals surface area contributed by atoms with Crippen molar-refractivity contribution in [2.75, 3.05) is 18.0 Å². The monoisotopic (exact) mass is 307 g/mol. The summed E-state index contributed by atoms with van der Waals surface area (Å²) in [7, 11) is 0. The second-order valence-electron chi connectivity index (χ2n) is 6.04. The van der Waals surface area contributed by atoms with Crippen molar-refractivity contribution in [2.45, 2.75) is 26.3 Å². The van der Waals surface area contributed by atoms with Gasteiger partial charge in [-0.15, -0.1) is 0 Å². The molecule has 1 aromatic carbocycles. The fourth-order valence-corrected chi connectivity index (χ4v) is 2.13. The van der Waals surface area contributed by atoms with Crippen molar-refractivity contribution in [2.24, 2.45) is 0 Å². The number of fused-ring (bicyclic) bond motifs is 1. The molecule has 0 spiro atoms. The number of anilines is 1. The number of carbonyl (C=O) groups is 2. The highest BCUT2D eigenvalue weighted by Crippen LogP contribution is 2.34. The first-order valence-electron chi connectivity index (χ1n) is 6.71. The Bertz CT molecular complexity index is 636. The summed E-state index contributed by atoms with van der Waals surface area (Å²) < 4.78 is 5.02. The molecule has 0 saturated carbocycles. The number of nitro benzene ring substituents is 1. The van der Waals surface area contributed by atoms with Crippen molar-refractivity contribution in [3.63, 3.8) is 0 Å². The first kappa shape index (κ1) is 15.7. The normalized spacial score (nSPS) is 14.1. The number of nitrogens with zero attached hydrogens (tertiary/aromatic N) is 2. The fraction of sp³-hybridized carbons (Fsp3) is 0.429. The molecule has 1 N–H and O–H groups in total. The number of non-ortho nitro benzene ring substituents is 1. The molecule has 0 radical (unpaired) electrons. The number of benzene rings is 1. The van der Waals surface area contributed by atoms with Gasteiger partial charge in [0, 0.05) is 11.6 Å². The maximum atomic E-state index is 12.0. The van der Waals surface area contributed by atoms with Gasteiger partial charge in [0.2, 0.25) is 5.91 Å². The standard InChI is InChI=1S/C14H17N3O5/c1-14(2,3)15-12(18)7-16-8-13(19)22-11-6-9(17(20)21)4-5-10(11)16/h4-6H,7-8H2,1-3H3,(H,15,18). The van der Waals surface area contributed by atoms with E-state index in [1.807, 2.05) is 20.8 Å². The molecule has 0 aromatic heterocycles. The number of ether oxygens (including phenoxy) is 1. The molecule has 0 unspecified atom stereocenters. The maximum absolute atomic E-state index is 12.0. The van der Waals surface area contributed by atoms with E-state index in [1.165, 1.54) is 23.1 Å². The van der Waals surface area contributed by atoms with Gasteiger partial charge in [0.05, 0.1) is 23.2 Å². The van der Waals surface area contributed by atoms with Crippen molar-refractivity contribution in [1.82, 2.24) is 5.32 Å². The van der Waals surface area contributed by atoms with Gasteiger partial charge in [-0.2, -0.15) is 0 Å². The summed E-state index contributed by atoms with van der Waals surface area (Å²) in [6.45, 7) is 5.45. The fourth-order valence-electron chi connectivity index (χ4n) is 2.13. The van der Waals surface area contributed by atoms with Gasteiger partial charge in [-0.25, -0.2) is 4.79 Å². The van der Waals surface area contributed by atoms with Crippen LogP contribution in [0.3, 0.4) is 0 Å². The Balaban J connectivity index is 2.23. The van der Waals surface area contributed by atoms with Gasteiger partial charge >= 0.3 is 5.97 Å². The van der Waals surface area contributed by atoms with Crippen LogP contribution in [0.15, 0.2) is 18.2 Å². The molecule has 2 rings (SSSR count). The quantitative estimate of drug-likeness (QED) is 0.390. The van der Waals surface area contributed by atoms with E-state index in [0.717, 1.165) is 0 Å². The first-order chi connectivity index (χ1) is 10.2. The second-order valence-corrected chi connectivity index (χ2v) is 6.04. The third-order valence-corrected chi connectivity index (χ3v) is 2.89.